The average molecular weight is 557 g/mol. The van der Waals surface area contributed by atoms with E-state index < -0.39 is 21.8 Å². The molecule has 4 rings (SSSR count). The van der Waals surface area contributed by atoms with Gasteiger partial charge in [0, 0.05) is 18.1 Å². The van der Waals surface area contributed by atoms with Crippen LogP contribution in [0.4, 0.5) is 0 Å². The molecule has 1 aliphatic carbocycles. The summed E-state index contributed by atoms with van der Waals surface area (Å²) in [7, 11) is -2.11. The van der Waals surface area contributed by atoms with E-state index in [4.69, 9.17) is 25.5 Å². The van der Waals surface area contributed by atoms with E-state index in [1.165, 1.54) is 13.2 Å². The number of carbonyl (C=O) groups excluding carboxylic acids is 1. The summed E-state index contributed by atoms with van der Waals surface area (Å²) in [6.45, 7) is 0. The standard InChI is InChI=1S/C22H19BrClNO7S/c1-30-20-10-19(31-12-6-11(7-12)22(27)25-33(2,28)29)14(8-15(20)23)18-9-17(26)13-4-3-5-16(24)21(13)32-18/h3-5,8-12H,6-7H2,1-2H3,(H,25,27)/t11-,12-. The minimum Gasteiger partial charge on any atom is -0.495 e. The number of rotatable bonds is 6. The highest BCUT2D eigenvalue weighted by Gasteiger charge is 2.37. The van der Waals surface area contributed by atoms with Crippen LogP contribution in [0.5, 0.6) is 11.5 Å². The molecule has 2 aromatic carbocycles. The van der Waals surface area contributed by atoms with E-state index in [2.05, 4.69) is 15.9 Å². The fourth-order valence-corrected chi connectivity index (χ4v) is 4.83. The minimum atomic E-state index is -3.62. The third-order valence-corrected chi connectivity index (χ3v) is 6.76. The zero-order chi connectivity index (χ0) is 23.9. The molecule has 0 unspecified atom stereocenters. The fourth-order valence-electron chi connectivity index (χ4n) is 3.58. The zero-order valence-electron chi connectivity index (χ0n) is 17.6. The van der Waals surface area contributed by atoms with Crippen LogP contribution < -0.4 is 19.6 Å². The summed E-state index contributed by atoms with van der Waals surface area (Å²) in [5.41, 5.74) is 0.499. The highest BCUT2D eigenvalue weighted by molar-refractivity contribution is 9.10. The van der Waals surface area contributed by atoms with Crippen molar-refractivity contribution in [2.45, 2.75) is 18.9 Å². The maximum absolute atomic E-state index is 12.7. The van der Waals surface area contributed by atoms with Crippen molar-refractivity contribution in [2.75, 3.05) is 13.4 Å². The average Bonchev–Trinajstić information content (AvgIpc) is 2.70. The Hall–Kier alpha value is -2.56. The Morgan fingerprint density at radius 3 is 2.61 bits per heavy atom. The summed E-state index contributed by atoms with van der Waals surface area (Å²) in [6, 6.07) is 9.67. The van der Waals surface area contributed by atoms with Gasteiger partial charge < -0.3 is 13.9 Å². The van der Waals surface area contributed by atoms with E-state index in [0.29, 0.717) is 44.8 Å². The molecule has 11 heteroatoms. The number of halogens is 2. The number of amides is 1. The van der Waals surface area contributed by atoms with Crippen molar-refractivity contribution in [1.82, 2.24) is 4.72 Å². The van der Waals surface area contributed by atoms with Crippen LogP contribution in [0.25, 0.3) is 22.3 Å². The Morgan fingerprint density at radius 1 is 1.21 bits per heavy atom. The SMILES string of the molecule is COc1cc(O[C@H]2C[C@H](C(=O)NS(C)(=O)=O)C2)c(-c2cc(=O)c3cccc(Cl)c3o2)cc1Br. The molecule has 1 aromatic heterocycles. The molecule has 33 heavy (non-hydrogen) atoms. The lowest BCUT2D eigenvalue weighted by molar-refractivity contribution is -0.128. The van der Waals surface area contributed by atoms with Gasteiger partial charge in [0.25, 0.3) is 0 Å². The molecule has 1 heterocycles. The van der Waals surface area contributed by atoms with Gasteiger partial charge in [0.1, 0.15) is 23.4 Å². The smallest absolute Gasteiger partial charge is 0.236 e. The van der Waals surface area contributed by atoms with Crippen LogP contribution in [0.15, 0.2) is 50.1 Å². The normalized spacial score (nSPS) is 17.9. The molecule has 0 atom stereocenters. The lowest BCUT2D eigenvalue weighted by Gasteiger charge is -2.34. The van der Waals surface area contributed by atoms with Crippen LogP contribution in [0, 0.1) is 5.92 Å². The summed E-state index contributed by atoms with van der Waals surface area (Å²) in [5.74, 6) is 0.117. The fraction of sp³-hybridized carbons (Fsp3) is 0.273. The number of nitrogens with one attached hydrogen (secondary N) is 1. The minimum absolute atomic E-state index is 0.254. The van der Waals surface area contributed by atoms with E-state index in [-0.39, 0.29) is 22.9 Å². The van der Waals surface area contributed by atoms with Crippen molar-refractivity contribution in [2.24, 2.45) is 5.92 Å². The van der Waals surface area contributed by atoms with Crippen molar-refractivity contribution in [3.63, 3.8) is 0 Å². The first-order valence-electron chi connectivity index (χ1n) is 9.84. The van der Waals surface area contributed by atoms with Crippen LogP contribution >= 0.6 is 27.5 Å². The van der Waals surface area contributed by atoms with E-state index >= 15 is 0 Å². The molecule has 3 aromatic rings. The number of fused-ring (bicyclic) bond motifs is 1. The molecular formula is C22H19BrClNO7S. The number of benzene rings is 2. The van der Waals surface area contributed by atoms with Crippen molar-refractivity contribution in [1.29, 1.82) is 0 Å². The summed E-state index contributed by atoms with van der Waals surface area (Å²) >= 11 is 9.68. The number of hydrogen-bond donors (Lipinski definition) is 1. The van der Waals surface area contributed by atoms with Crippen LogP contribution in [0.3, 0.4) is 0 Å². The second-order valence-corrected chi connectivity index (χ2v) is 10.7. The second-order valence-electron chi connectivity index (χ2n) is 7.72. The summed E-state index contributed by atoms with van der Waals surface area (Å²) in [6.07, 6.45) is 1.28. The highest BCUT2D eigenvalue weighted by Crippen LogP contribution is 2.42. The quantitative estimate of drug-likeness (QED) is 0.486. The molecule has 1 saturated carbocycles. The molecule has 1 fully saturated rings. The van der Waals surface area contributed by atoms with Crippen LogP contribution in [0.2, 0.25) is 5.02 Å². The Kier molecular flexibility index (Phi) is 6.43. The lowest BCUT2D eigenvalue weighted by Crippen LogP contribution is -2.45. The molecule has 0 radical (unpaired) electrons. The van der Waals surface area contributed by atoms with Gasteiger partial charge in [-0.3, -0.25) is 14.3 Å². The third kappa shape index (κ3) is 5.02. The maximum Gasteiger partial charge on any atom is 0.236 e. The van der Waals surface area contributed by atoms with Crippen molar-refractivity contribution in [3.05, 3.63) is 56.1 Å². The van der Waals surface area contributed by atoms with Gasteiger partial charge in [0.2, 0.25) is 15.9 Å². The first-order valence-corrected chi connectivity index (χ1v) is 12.9. The van der Waals surface area contributed by atoms with Crippen LogP contribution in [-0.2, 0) is 14.8 Å². The van der Waals surface area contributed by atoms with Gasteiger partial charge in [-0.1, -0.05) is 17.7 Å². The highest BCUT2D eigenvalue weighted by atomic mass is 79.9. The first-order chi connectivity index (χ1) is 15.6. The van der Waals surface area contributed by atoms with Crippen molar-refractivity contribution in [3.8, 4) is 22.8 Å². The third-order valence-electron chi connectivity index (χ3n) is 5.27. The van der Waals surface area contributed by atoms with E-state index in [1.54, 1.807) is 30.3 Å². The Morgan fingerprint density at radius 2 is 1.94 bits per heavy atom. The van der Waals surface area contributed by atoms with Crippen molar-refractivity contribution < 1.29 is 27.1 Å². The number of methoxy groups -OCH3 is 1. The Labute approximate surface area is 203 Å². The molecule has 0 saturated heterocycles. The largest absolute Gasteiger partial charge is 0.495 e. The number of sulfonamides is 1. The number of ether oxygens (including phenoxy) is 2. The van der Waals surface area contributed by atoms with Gasteiger partial charge in [0.15, 0.2) is 11.0 Å². The van der Waals surface area contributed by atoms with Gasteiger partial charge in [-0.15, -0.1) is 0 Å². The molecular weight excluding hydrogens is 538 g/mol. The molecule has 0 spiro atoms. The molecule has 0 aliphatic heterocycles. The molecule has 174 valence electrons. The Bertz CT molecular complexity index is 1410. The first kappa shape index (κ1) is 23.6. The Balaban J connectivity index is 1.67. The molecule has 1 amide bonds. The second kappa shape index (κ2) is 9.00. The predicted molar refractivity (Wildman–Crippen MR) is 127 cm³/mol. The molecule has 1 aliphatic rings. The summed E-state index contributed by atoms with van der Waals surface area (Å²) in [5, 5.41) is 0.667. The monoisotopic (exact) mass is 555 g/mol. The topological polar surface area (TPSA) is 112 Å². The molecule has 0 bridgehead atoms. The van der Waals surface area contributed by atoms with Crippen molar-refractivity contribution >= 4 is 54.4 Å². The lowest BCUT2D eigenvalue weighted by atomic mass is 9.82. The molecule has 8 nitrogen and oxygen atoms in total. The van der Waals surface area contributed by atoms with Gasteiger partial charge in [0.05, 0.1) is 33.8 Å². The van der Waals surface area contributed by atoms with E-state index in [1.807, 2.05) is 4.72 Å². The van der Waals surface area contributed by atoms with Gasteiger partial charge in [-0.25, -0.2) is 8.42 Å². The zero-order valence-corrected chi connectivity index (χ0v) is 20.7. The molecule has 1 N–H and O–H groups in total. The van der Waals surface area contributed by atoms with Crippen LogP contribution in [0.1, 0.15) is 12.8 Å². The number of para-hydroxylation sites is 1. The number of carbonyl (C=O) groups is 1. The van der Waals surface area contributed by atoms with E-state index in [9.17, 15) is 18.0 Å². The maximum atomic E-state index is 12.7. The predicted octanol–water partition coefficient (Wildman–Crippen LogP) is 4.12. The summed E-state index contributed by atoms with van der Waals surface area (Å²) in [4.78, 5) is 24.7. The van der Waals surface area contributed by atoms with E-state index in [0.717, 1.165) is 6.26 Å². The van der Waals surface area contributed by atoms with Gasteiger partial charge >= 0.3 is 0 Å². The van der Waals surface area contributed by atoms with Crippen LogP contribution in [-0.4, -0.2) is 33.8 Å². The van der Waals surface area contributed by atoms with Gasteiger partial charge in [-0.2, -0.15) is 0 Å². The summed E-state index contributed by atoms with van der Waals surface area (Å²) < 4.78 is 42.6. The van der Waals surface area contributed by atoms with Gasteiger partial charge in [-0.05, 0) is 47.0 Å². The number of hydrogen-bond acceptors (Lipinski definition) is 7.